The van der Waals surface area contributed by atoms with Gasteiger partial charge in [-0.05, 0) is 49.2 Å². The van der Waals surface area contributed by atoms with Gasteiger partial charge in [-0.25, -0.2) is 4.68 Å². The summed E-state index contributed by atoms with van der Waals surface area (Å²) in [6.45, 7) is 0. The third-order valence-electron chi connectivity index (χ3n) is 3.84. The van der Waals surface area contributed by atoms with Crippen LogP contribution < -0.4 is 5.32 Å². The molecule has 0 aliphatic carbocycles. The van der Waals surface area contributed by atoms with Crippen molar-refractivity contribution in [3.05, 3.63) is 59.1 Å². The molecule has 7 heteroatoms. The summed E-state index contributed by atoms with van der Waals surface area (Å²) < 4.78 is 1.69. The van der Waals surface area contributed by atoms with Crippen molar-refractivity contribution in [2.75, 3.05) is 0 Å². The van der Waals surface area contributed by atoms with E-state index in [4.69, 9.17) is 16.9 Å². The molecule has 1 unspecified atom stereocenters. The van der Waals surface area contributed by atoms with E-state index in [0.29, 0.717) is 29.8 Å². The Morgan fingerprint density at radius 3 is 2.76 bits per heavy atom. The highest BCUT2D eigenvalue weighted by atomic mass is 35.5. The molecule has 0 spiro atoms. The van der Waals surface area contributed by atoms with Gasteiger partial charge in [0.2, 0.25) is 0 Å². The van der Waals surface area contributed by atoms with Crippen LogP contribution in [0, 0.1) is 11.3 Å². The number of halogens is 1. The number of fused-ring (bicyclic) bond motifs is 1. The van der Waals surface area contributed by atoms with E-state index < -0.39 is 0 Å². The molecule has 1 atom stereocenters. The van der Waals surface area contributed by atoms with Crippen molar-refractivity contribution in [2.45, 2.75) is 25.4 Å². The summed E-state index contributed by atoms with van der Waals surface area (Å²) in [5.74, 6) is -0.224. The van der Waals surface area contributed by atoms with Crippen molar-refractivity contribution in [2.24, 2.45) is 0 Å². The van der Waals surface area contributed by atoms with Crippen molar-refractivity contribution in [1.29, 1.82) is 5.26 Å². The number of rotatable bonds is 6. The monoisotopic (exact) mass is 353 g/mol. The maximum atomic E-state index is 12.5. The molecule has 126 valence electrons. The second kappa shape index (κ2) is 7.77. The van der Waals surface area contributed by atoms with Crippen LogP contribution in [-0.4, -0.2) is 20.9 Å². The Hall–Kier alpha value is -2.91. The topological polar surface area (TPSA) is 83.6 Å². The number of amides is 1. The molecule has 0 aliphatic heterocycles. The molecule has 1 N–H and O–H groups in total. The van der Waals surface area contributed by atoms with Crippen molar-refractivity contribution in [1.82, 2.24) is 20.3 Å². The second-order valence-corrected chi connectivity index (χ2v) is 6.01. The van der Waals surface area contributed by atoms with E-state index >= 15 is 0 Å². The fourth-order valence-corrected chi connectivity index (χ4v) is 2.71. The van der Waals surface area contributed by atoms with E-state index in [1.54, 1.807) is 28.9 Å². The number of aromatic nitrogens is 3. The van der Waals surface area contributed by atoms with Crippen LogP contribution in [0.2, 0.25) is 5.02 Å². The van der Waals surface area contributed by atoms with E-state index in [1.807, 2.05) is 24.3 Å². The van der Waals surface area contributed by atoms with E-state index in [0.717, 1.165) is 11.0 Å². The molecule has 0 saturated carbocycles. The fourth-order valence-electron chi connectivity index (χ4n) is 2.58. The number of hydrogen-bond donors (Lipinski definition) is 1. The lowest BCUT2D eigenvalue weighted by Gasteiger charge is -2.19. The van der Waals surface area contributed by atoms with Crippen LogP contribution in [0.1, 0.15) is 35.8 Å². The average molecular weight is 354 g/mol. The SMILES string of the molecule is N#CCCCC(NC(=O)c1ccc(Cl)cc1)n1nnc2ccccc21. The smallest absolute Gasteiger partial charge is 0.252 e. The second-order valence-electron chi connectivity index (χ2n) is 5.57. The third-order valence-corrected chi connectivity index (χ3v) is 4.09. The van der Waals surface area contributed by atoms with Crippen molar-refractivity contribution in [3.63, 3.8) is 0 Å². The molecular weight excluding hydrogens is 338 g/mol. The molecule has 6 nitrogen and oxygen atoms in total. The zero-order chi connectivity index (χ0) is 17.6. The van der Waals surface area contributed by atoms with Gasteiger partial charge in [0.05, 0.1) is 11.6 Å². The summed E-state index contributed by atoms with van der Waals surface area (Å²) in [6, 6.07) is 16.4. The lowest BCUT2D eigenvalue weighted by atomic mass is 10.1. The predicted molar refractivity (Wildman–Crippen MR) is 94.9 cm³/mol. The zero-order valence-corrected chi connectivity index (χ0v) is 14.1. The van der Waals surface area contributed by atoms with Gasteiger partial charge >= 0.3 is 0 Å². The Kier molecular flexibility index (Phi) is 5.26. The molecule has 2 aromatic carbocycles. The Morgan fingerprint density at radius 1 is 1.24 bits per heavy atom. The molecule has 0 bridgehead atoms. The molecule has 1 aromatic heterocycles. The molecule has 0 saturated heterocycles. The van der Waals surface area contributed by atoms with Crippen molar-refractivity contribution >= 4 is 28.5 Å². The molecule has 1 heterocycles. The Bertz CT molecular complexity index is 913. The lowest BCUT2D eigenvalue weighted by molar-refractivity contribution is 0.0912. The van der Waals surface area contributed by atoms with Crippen LogP contribution in [-0.2, 0) is 0 Å². The largest absolute Gasteiger partial charge is 0.330 e. The summed E-state index contributed by atoms with van der Waals surface area (Å²) in [6.07, 6.45) is 1.26. The first-order valence-corrected chi connectivity index (χ1v) is 8.30. The average Bonchev–Trinajstić information content (AvgIpc) is 3.05. The highest BCUT2D eigenvalue weighted by Gasteiger charge is 2.18. The molecule has 3 aromatic rings. The first-order valence-electron chi connectivity index (χ1n) is 7.92. The lowest BCUT2D eigenvalue weighted by Crippen LogP contribution is -2.33. The number of para-hydroxylation sites is 1. The van der Waals surface area contributed by atoms with Gasteiger partial charge in [0.25, 0.3) is 5.91 Å². The van der Waals surface area contributed by atoms with Gasteiger partial charge in [-0.3, -0.25) is 4.79 Å². The minimum absolute atomic E-state index is 0.224. The number of nitriles is 1. The maximum absolute atomic E-state index is 12.5. The minimum Gasteiger partial charge on any atom is -0.330 e. The Balaban J connectivity index is 1.85. The van der Waals surface area contributed by atoms with Gasteiger partial charge in [-0.1, -0.05) is 28.9 Å². The van der Waals surface area contributed by atoms with E-state index in [1.165, 1.54) is 0 Å². The third kappa shape index (κ3) is 3.95. The molecule has 3 rings (SSSR count). The van der Waals surface area contributed by atoms with Gasteiger partial charge in [-0.15, -0.1) is 5.10 Å². The van der Waals surface area contributed by atoms with Crippen molar-refractivity contribution < 1.29 is 4.79 Å². The Labute approximate surface area is 150 Å². The molecular formula is C18H16ClN5O. The van der Waals surface area contributed by atoms with Crippen LogP contribution in [0.15, 0.2) is 48.5 Å². The van der Waals surface area contributed by atoms with Gasteiger partial charge in [0, 0.05) is 17.0 Å². The number of benzene rings is 2. The molecule has 0 radical (unpaired) electrons. The van der Waals surface area contributed by atoms with Gasteiger partial charge < -0.3 is 5.32 Å². The molecule has 0 fully saturated rings. The highest BCUT2D eigenvalue weighted by molar-refractivity contribution is 6.30. The highest BCUT2D eigenvalue weighted by Crippen LogP contribution is 2.19. The summed E-state index contributed by atoms with van der Waals surface area (Å²) in [4.78, 5) is 12.5. The van der Waals surface area contributed by atoms with Crippen LogP contribution in [0.3, 0.4) is 0 Å². The van der Waals surface area contributed by atoms with Gasteiger partial charge in [-0.2, -0.15) is 5.26 Å². The minimum atomic E-state index is -0.385. The van der Waals surface area contributed by atoms with Gasteiger partial charge in [0.1, 0.15) is 11.7 Å². The molecule has 0 aliphatic rings. The number of carbonyl (C=O) groups excluding carboxylic acids is 1. The number of carbonyl (C=O) groups is 1. The first kappa shape index (κ1) is 16.9. The van der Waals surface area contributed by atoms with Crippen LogP contribution in [0.5, 0.6) is 0 Å². The van der Waals surface area contributed by atoms with E-state index in [-0.39, 0.29) is 12.1 Å². The summed E-state index contributed by atoms with van der Waals surface area (Å²) in [7, 11) is 0. The van der Waals surface area contributed by atoms with Crippen LogP contribution in [0.4, 0.5) is 0 Å². The normalized spacial score (nSPS) is 11.8. The summed E-state index contributed by atoms with van der Waals surface area (Å²) >= 11 is 5.87. The first-order chi connectivity index (χ1) is 12.2. The van der Waals surface area contributed by atoms with E-state index in [9.17, 15) is 4.79 Å². The van der Waals surface area contributed by atoms with Crippen molar-refractivity contribution in [3.8, 4) is 6.07 Å². The summed E-state index contributed by atoms with van der Waals surface area (Å²) in [5.41, 5.74) is 2.11. The zero-order valence-electron chi connectivity index (χ0n) is 13.4. The maximum Gasteiger partial charge on any atom is 0.252 e. The molecule has 1 amide bonds. The standard InChI is InChI=1S/C18H16ClN5O/c19-14-10-8-13(9-11-14)18(25)21-17(7-3-4-12-20)24-16-6-2-1-5-15(16)22-23-24/h1-2,5-6,8-11,17H,3-4,7H2,(H,21,25). The number of nitrogens with zero attached hydrogens (tertiary/aromatic N) is 4. The van der Waals surface area contributed by atoms with Crippen LogP contribution >= 0.6 is 11.6 Å². The van der Waals surface area contributed by atoms with Gasteiger partial charge in [0.15, 0.2) is 0 Å². The number of unbranched alkanes of at least 4 members (excludes halogenated alkanes) is 1. The fraction of sp³-hybridized carbons (Fsp3) is 0.222. The predicted octanol–water partition coefficient (Wildman–Crippen LogP) is 3.71. The summed E-state index contributed by atoms with van der Waals surface area (Å²) in [5, 5.41) is 20.7. The molecule has 25 heavy (non-hydrogen) atoms. The Morgan fingerprint density at radius 2 is 2.00 bits per heavy atom. The van der Waals surface area contributed by atoms with E-state index in [2.05, 4.69) is 21.7 Å². The number of nitrogens with one attached hydrogen (secondary N) is 1. The quantitative estimate of drug-likeness (QED) is 0.685. The van der Waals surface area contributed by atoms with Crippen LogP contribution in [0.25, 0.3) is 11.0 Å². The number of hydrogen-bond acceptors (Lipinski definition) is 4.